The first-order valence-electron chi connectivity index (χ1n) is 6.77. The number of rotatable bonds is 3. The number of hydrogen-bond acceptors (Lipinski definition) is 3. The molecule has 0 bridgehead atoms. The van der Waals surface area contributed by atoms with Gasteiger partial charge in [0.05, 0.1) is 10.2 Å². The molecule has 2 saturated carbocycles. The third kappa shape index (κ3) is 3.18. The lowest BCUT2D eigenvalue weighted by Gasteiger charge is -2.28. The van der Waals surface area contributed by atoms with Gasteiger partial charge in [-0.25, -0.2) is 0 Å². The summed E-state index contributed by atoms with van der Waals surface area (Å²) in [6, 6.07) is 0. The average molecular weight is 278 g/mol. The predicted octanol–water partition coefficient (Wildman–Crippen LogP) is 2.73. The van der Waals surface area contributed by atoms with Gasteiger partial charge in [-0.1, -0.05) is 25.7 Å². The highest BCUT2D eigenvalue weighted by Gasteiger charge is 2.42. The molecule has 2 fully saturated rings. The van der Waals surface area contributed by atoms with Crippen LogP contribution in [0.4, 0.5) is 0 Å². The highest BCUT2D eigenvalue weighted by atomic mass is 33.2. The van der Waals surface area contributed by atoms with Crippen molar-refractivity contribution in [2.45, 2.75) is 74.7 Å². The summed E-state index contributed by atoms with van der Waals surface area (Å²) in [5.74, 6) is 0. The molecule has 0 aromatic carbocycles. The molecular formula is C12H22O3S2. The monoisotopic (exact) mass is 278 g/mol. The van der Waals surface area contributed by atoms with Gasteiger partial charge in [-0.2, -0.15) is 8.42 Å². The Morgan fingerprint density at radius 1 is 0.824 bits per heavy atom. The van der Waals surface area contributed by atoms with Crippen LogP contribution >= 0.6 is 0 Å². The van der Waals surface area contributed by atoms with E-state index in [9.17, 15) is 13.0 Å². The third-order valence-corrected chi connectivity index (χ3v) is 9.78. The van der Waals surface area contributed by atoms with E-state index in [0.717, 1.165) is 64.2 Å². The smallest absolute Gasteiger partial charge is 0.316 e. The Kier molecular flexibility index (Phi) is 4.78. The lowest BCUT2D eigenvalue weighted by molar-refractivity contribution is 0.475. The Morgan fingerprint density at radius 3 is 1.82 bits per heavy atom. The highest BCUT2D eigenvalue weighted by Crippen LogP contribution is 2.33. The lowest BCUT2D eigenvalue weighted by Crippen LogP contribution is -2.37. The summed E-state index contributed by atoms with van der Waals surface area (Å²) in [6.45, 7) is 0. The van der Waals surface area contributed by atoms with Gasteiger partial charge in [-0.3, -0.25) is 0 Å². The van der Waals surface area contributed by atoms with E-state index in [1.807, 2.05) is 0 Å². The van der Waals surface area contributed by atoms with E-state index < -0.39 is 19.1 Å². The summed E-state index contributed by atoms with van der Waals surface area (Å²) in [6.07, 6.45) is 9.43. The average Bonchev–Trinajstić information content (AvgIpc) is 2.40. The number of hydrogen-bond donors (Lipinski definition) is 0. The van der Waals surface area contributed by atoms with Crippen LogP contribution in [0.5, 0.6) is 0 Å². The van der Waals surface area contributed by atoms with E-state index >= 15 is 0 Å². The molecule has 2 aliphatic rings. The van der Waals surface area contributed by atoms with Crippen LogP contribution < -0.4 is 0 Å². The van der Waals surface area contributed by atoms with Crippen LogP contribution in [0.1, 0.15) is 64.2 Å². The molecular weight excluding hydrogens is 256 g/mol. The molecule has 17 heavy (non-hydrogen) atoms. The van der Waals surface area contributed by atoms with Crippen LogP contribution in [0.25, 0.3) is 0 Å². The second-order valence-corrected chi connectivity index (χ2v) is 10.5. The van der Waals surface area contributed by atoms with Crippen LogP contribution in [0.2, 0.25) is 0 Å². The molecule has 2 aliphatic carbocycles. The van der Waals surface area contributed by atoms with Crippen molar-refractivity contribution in [3.05, 3.63) is 0 Å². The fourth-order valence-corrected chi connectivity index (χ4v) is 8.31. The predicted molar refractivity (Wildman–Crippen MR) is 70.8 cm³/mol. The molecule has 1 atom stereocenters. The van der Waals surface area contributed by atoms with Crippen molar-refractivity contribution >= 4 is 19.1 Å². The zero-order valence-electron chi connectivity index (χ0n) is 10.3. The minimum atomic E-state index is -3.39. The minimum absolute atomic E-state index is 0.0873. The van der Waals surface area contributed by atoms with Gasteiger partial charge in [0.25, 0.3) is 0 Å². The van der Waals surface area contributed by atoms with Crippen molar-refractivity contribution < 1.29 is 13.0 Å². The van der Waals surface area contributed by atoms with E-state index in [1.165, 1.54) is 0 Å². The second-order valence-electron chi connectivity index (χ2n) is 5.27. The van der Waals surface area contributed by atoms with Gasteiger partial charge < -0.3 is 4.55 Å². The van der Waals surface area contributed by atoms with Gasteiger partial charge >= 0.3 is 8.87 Å². The quantitative estimate of drug-likeness (QED) is 0.589. The standard InChI is InChI=1S/C12H22O3S2/c13-16(11-7-3-1-4-8-11)17(14,15)12-9-5-2-6-10-12/h11-12H,1-10H2/t16-/m0/s1. The van der Waals surface area contributed by atoms with Crippen molar-refractivity contribution in [1.82, 2.24) is 0 Å². The third-order valence-electron chi connectivity index (χ3n) is 4.01. The molecule has 0 aromatic rings. The summed E-state index contributed by atoms with van der Waals surface area (Å²) >= 11 is 0. The molecule has 0 aromatic heterocycles. The van der Waals surface area contributed by atoms with Gasteiger partial charge in [-0.15, -0.1) is 0 Å². The molecule has 0 unspecified atom stereocenters. The molecule has 5 heteroatoms. The molecule has 0 N–H and O–H groups in total. The molecule has 100 valence electrons. The molecule has 0 amide bonds. The molecule has 0 saturated heterocycles. The van der Waals surface area contributed by atoms with Crippen LogP contribution in [0.3, 0.4) is 0 Å². The van der Waals surface area contributed by atoms with Gasteiger partial charge in [0.1, 0.15) is 10.5 Å². The zero-order chi connectivity index (χ0) is 12.3. The van der Waals surface area contributed by atoms with E-state index in [0.29, 0.717) is 0 Å². The highest BCUT2D eigenvalue weighted by molar-refractivity contribution is 8.67. The molecule has 3 nitrogen and oxygen atoms in total. The molecule has 0 heterocycles. The van der Waals surface area contributed by atoms with Crippen LogP contribution in [-0.2, 0) is 19.1 Å². The van der Waals surface area contributed by atoms with Crippen molar-refractivity contribution in [1.29, 1.82) is 0 Å². The summed E-state index contributed by atoms with van der Waals surface area (Å²) < 4.78 is 36.8. The summed E-state index contributed by atoms with van der Waals surface area (Å²) in [5, 5.41) is -0.408. The van der Waals surface area contributed by atoms with Crippen LogP contribution in [0.15, 0.2) is 0 Å². The first-order valence-corrected chi connectivity index (χ1v) is 10.0. The molecule has 0 spiro atoms. The summed E-state index contributed by atoms with van der Waals surface area (Å²) in [5.41, 5.74) is 0. The van der Waals surface area contributed by atoms with E-state index in [4.69, 9.17) is 0 Å². The van der Waals surface area contributed by atoms with Gasteiger partial charge in [0.2, 0.25) is 0 Å². The Labute approximate surface area is 107 Å². The van der Waals surface area contributed by atoms with Gasteiger partial charge in [0, 0.05) is 0 Å². The van der Waals surface area contributed by atoms with Crippen molar-refractivity contribution in [3.63, 3.8) is 0 Å². The molecule has 2 rings (SSSR count). The Balaban J connectivity index is 2.02. The Bertz CT molecular complexity index is 328. The van der Waals surface area contributed by atoms with E-state index in [2.05, 4.69) is 0 Å². The van der Waals surface area contributed by atoms with Crippen molar-refractivity contribution in [3.8, 4) is 0 Å². The summed E-state index contributed by atoms with van der Waals surface area (Å²) in [7, 11) is -5.03. The largest absolute Gasteiger partial charge is 0.601 e. The maximum absolute atomic E-state index is 12.3. The fourth-order valence-electron chi connectivity index (χ4n) is 2.94. The maximum atomic E-state index is 12.3. The second kappa shape index (κ2) is 5.93. The fraction of sp³-hybridized carbons (Fsp3) is 1.00. The normalized spacial score (nSPS) is 26.9. The molecule has 0 radical (unpaired) electrons. The lowest BCUT2D eigenvalue weighted by atomic mass is 10.0. The van der Waals surface area contributed by atoms with E-state index in [1.54, 1.807) is 0 Å². The first kappa shape index (κ1) is 13.7. The minimum Gasteiger partial charge on any atom is -0.601 e. The van der Waals surface area contributed by atoms with Crippen molar-refractivity contribution in [2.24, 2.45) is 0 Å². The van der Waals surface area contributed by atoms with Gasteiger partial charge in [0.15, 0.2) is 0 Å². The van der Waals surface area contributed by atoms with Crippen molar-refractivity contribution in [2.75, 3.05) is 0 Å². The van der Waals surface area contributed by atoms with Gasteiger partial charge in [-0.05, 0) is 38.5 Å². The van der Waals surface area contributed by atoms with Crippen LogP contribution in [0, 0.1) is 0 Å². The maximum Gasteiger partial charge on any atom is 0.316 e. The topological polar surface area (TPSA) is 57.2 Å². The zero-order valence-corrected chi connectivity index (χ0v) is 11.9. The molecule has 0 aliphatic heterocycles. The Hall–Kier alpha value is 0.260. The Morgan fingerprint density at radius 2 is 1.29 bits per heavy atom. The SMILES string of the molecule is O=S(=O)(C1CCCCC1)[S@+]([O-])C1CCCCC1. The van der Waals surface area contributed by atoms with Crippen LogP contribution in [-0.4, -0.2) is 23.5 Å². The van der Waals surface area contributed by atoms with E-state index in [-0.39, 0.29) is 10.5 Å². The summed E-state index contributed by atoms with van der Waals surface area (Å²) in [4.78, 5) is 0. The first-order chi connectivity index (χ1) is 8.12.